The second-order valence-electron chi connectivity index (χ2n) is 7.59. The largest absolute Gasteiger partial charge is 0.457 e. The molecule has 146 valence electrons. The lowest BCUT2D eigenvalue weighted by Gasteiger charge is -2.43. The van der Waals surface area contributed by atoms with Crippen molar-refractivity contribution in [3.8, 4) is 29.7 Å². The fraction of sp³-hybridized carbons (Fsp3) is 0.240. The Morgan fingerprint density at radius 2 is 1.70 bits per heavy atom. The van der Waals surface area contributed by atoms with E-state index in [9.17, 15) is 15.8 Å². The van der Waals surface area contributed by atoms with Gasteiger partial charge in [0.25, 0.3) is 0 Å². The zero-order valence-corrected chi connectivity index (χ0v) is 16.4. The number of hydrogen-bond donors (Lipinski definition) is 1. The molecule has 0 amide bonds. The third-order valence-corrected chi connectivity index (χ3v) is 6.00. The first-order valence-electron chi connectivity index (χ1n) is 9.90. The predicted octanol–water partition coefficient (Wildman–Crippen LogP) is 5.07. The molecule has 0 saturated carbocycles. The first-order chi connectivity index (χ1) is 14.6. The number of rotatable bonds is 3. The Morgan fingerprint density at radius 1 is 0.967 bits per heavy atom. The Kier molecular flexibility index (Phi) is 5.01. The third-order valence-electron chi connectivity index (χ3n) is 6.00. The molecule has 30 heavy (non-hydrogen) atoms. The summed E-state index contributed by atoms with van der Waals surface area (Å²) in [4.78, 5) is 0. The van der Waals surface area contributed by atoms with Crippen molar-refractivity contribution >= 4 is 0 Å². The summed E-state index contributed by atoms with van der Waals surface area (Å²) in [7, 11) is 0. The Hall–Kier alpha value is -4.01. The Bertz CT molecular complexity index is 1140. The van der Waals surface area contributed by atoms with Crippen molar-refractivity contribution in [1.29, 1.82) is 15.8 Å². The van der Waals surface area contributed by atoms with Gasteiger partial charge in [-0.15, -0.1) is 0 Å². The van der Waals surface area contributed by atoms with Gasteiger partial charge in [-0.05, 0) is 60.6 Å². The van der Waals surface area contributed by atoms with Gasteiger partial charge in [-0.1, -0.05) is 36.4 Å². The van der Waals surface area contributed by atoms with Crippen LogP contribution in [0.3, 0.4) is 0 Å². The van der Waals surface area contributed by atoms with Crippen LogP contribution in [0, 0.1) is 45.3 Å². The van der Waals surface area contributed by atoms with Gasteiger partial charge in [0, 0.05) is 5.92 Å². The smallest absolute Gasteiger partial charge is 0.191 e. The number of nitriles is 3. The zero-order valence-electron chi connectivity index (χ0n) is 16.4. The van der Waals surface area contributed by atoms with Gasteiger partial charge in [0.1, 0.15) is 17.6 Å². The van der Waals surface area contributed by atoms with Gasteiger partial charge in [0.05, 0.1) is 23.4 Å². The van der Waals surface area contributed by atoms with E-state index in [4.69, 9.17) is 10.5 Å². The highest BCUT2D eigenvalue weighted by molar-refractivity contribution is 5.59. The van der Waals surface area contributed by atoms with Crippen molar-refractivity contribution in [2.24, 2.45) is 17.1 Å². The van der Waals surface area contributed by atoms with Crippen LogP contribution in [0.1, 0.15) is 30.7 Å². The van der Waals surface area contributed by atoms with E-state index < -0.39 is 11.3 Å². The molecule has 2 aromatic carbocycles. The first-order valence-corrected chi connectivity index (χ1v) is 9.90. The van der Waals surface area contributed by atoms with Crippen LogP contribution in [0.15, 0.2) is 77.5 Å². The van der Waals surface area contributed by atoms with E-state index in [1.165, 1.54) is 0 Å². The van der Waals surface area contributed by atoms with Crippen molar-refractivity contribution in [2.75, 3.05) is 0 Å². The number of nitrogens with zero attached hydrogens (tertiary/aromatic N) is 3. The lowest BCUT2D eigenvalue weighted by Crippen LogP contribution is -2.42. The summed E-state index contributed by atoms with van der Waals surface area (Å²) < 4.78 is 5.97. The molecule has 2 aromatic rings. The molecule has 5 nitrogen and oxygen atoms in total. The molecule has 0 aromatic heterocycles. The molecule has 0 saturated heterocycles. The van der Waals surface area contributed by atoms with Crippen LogP contribution in [0.25, 0.3) is 0 Å². The van der Waals surface area contributed by atoms with Crippen LogP contribution in [-0.4, -0.2) is 0 Å². The molecule has 2 N–H and O–H groups in total. The van der Waals surface area contributed by atoms with Gasteiger partial charge in [-0.25, -0.2) is 0 Å². The highest BCUT2D eigenvalue weighted by Gasteiger charge is 2.53. The van der Waals surface area contributed by atoms with Gasteiger partial charge in [-0.2, -0.15) is 15.8 Å². The van der Waals surface area contributed by atoms with Crippen molar-refractivity contribution in [1.82, 2.24) is 0 Å². The Balaban J connectivity index is 1.86. The summed E-state index contributed by atoms with van der Waals surface area (Å²) in [6, 6.07) is 23.4. The molecule has 0 unspecified atom stereocenters. The van der Waals surface area contributed by atoms with Crippen molar-refractivity contribution < 1.29 is 4.74 Å². The van der Waals surface area contributed by atoms with Gasteiger partial charge in [0.2, 0.25) is 0 Å². The molecule has 0 radical (unpaired) electrons. The van der Waals surface area contributed by atoms with E-state index >= 15 is 0 Å². The van der Waals surface area contributed by atoms with E-state index in [-0.39, 0.29) is 17.2 Å². The van der Waals surface area contributed by atoms with E-state index in [1.807, 2.05) is 60.7 Å². The second kappa shape index (κ2) is 7.78. The van der Waals surface area contributed by atoms with Gasteiger partial charge >= 0.3 is 0 Å². The zero-order chi connectivity index (χ0) is 21.1. The first kappa shape index (κ1) is 19.3. The molecular weight excluding hydrogens is 372 g/mol. The minimum atomic E-state index is -1.60. The summed E-state index contributed by atoms with van der Waals surface area (Å²) in [6.45, 7) is 0. The maximum absolute atomic E-state index is 10.1. The SMILES string of the molecule is N#CC1=C(N)C(C#N)(C#N)[C@H](c2cccc(Oc3ccccc3)c2)[C@@H]2CCCC=C12. The van der Waals surface area contributed by atoms with Gasteiger partial charge < -0.3 is 10.5 Å². The van der Waals surface area contributed by atoms with Crippen LogP contribution in [0.2, 0.25) is 0 Å². The lowest BCUT2D eigenvalue weighted by atomic mass is 9.57. The molecule has 2 aliphatic carbocycles. The number of para-hydroxylation sites is 1. The predicted molar refractivity (Wildman–Crippen MR) is 112 cm³/mol. The molecule has 2 aliphatic rings. The number of fused-ring (bicyclic) bond motifs is 1. The number of hydrogen-bond acceptors (Lipinski definition) is 5. The molecule has 5 heteroatoms. The average molecular weight is 392 g/mol. The van der Waals surface area contributed by atoms with E-state index in [0.717, 1.165) is 30.4 Å². The molecule has 0 fully saturated rings. The summed E-state index contributed by atoms with van der Waals surface area (Å²) in [6.07, 6.45) is 4.64. The number of ether oxygens (including phenoxy) is 1. The Morgan fingerprint density at radius 3 is 2.40 bits per heavy atom. The van der Waals surface area contributed by atoms with Crippen LogP contribution in [0.5, 0.6) is 11.5 Å². The molecule has 0 aliphatic heterocycles. The summed E-state index contributed by atoms with van der Waals surface area (Å²) >= 11 is 0. The summed E-state index contributed by atoms with van der Waals surface area (Å²) in [5, 5.41) is 29.9. The highest BCUT2D eigenvalue weighted by Crippen LogP contribution is 2.56. The van der Waals surface area contributed by atoms with Crippen molar-refractivity contribution in [3.63, 3.8) is 0 Å². The maximum Gasteiger partial charge on any atom is 0.191 e. The normalized spacial score (nSPS) is 22.0. The fourth-order valence-electron chi connectivity index (χ4n) is 4.65. The van der Waals surface area contributed by atoms with E-state index in [1.54, 1.807) is 0 Å². The van der Waals surface area contributed by atoms with Crippen molar-refractivity contribution in [3.05, 3.63) is 83.1 Å². The van der Waals surface area contributed by atoms with Gasteiger partial charge in [0.15, 0.2) is 5.41 Å². The van der Waals surface area contributed by atoms with E-state index in [2.05, 4.69) is 18.2 Å². The second-order valence-corrected chi connectivity index (χ2v) is 7.59. The van der Waals surface area contributed by atoms with Crippen molar-refractivity contribution in [2.45, 2.75) is 25.2 Å². The Labute approximate surface area is 175 Å². The minimum Gasteiger partial charge on any atom is -0.457 e. The summed E-state index contributed by atoms with van der Waals surface area (Å²) in [5.74, 6) is 0.732. The molecular formula is C25H20N4O. The van der Waals surface area contributed by atoms with Crippen LogP contribution in [0.4, 0.5) is 0 Å². The highest BCUT2D eigenvalue weighted by atomic mass is 16.5. The minimum absolute atomic E-state index is 0.0544. The number of benzene rings is 2. The number of nitrogens with two attached hydrogens (primary N) is 1. The van der Waals surface area contributed by atoms with Crippen LogP contribution < -0.4 is 10.5 Å². The molecule has 0 heterocycles. The standard InChI is InChI=1S/C25H20N4O/c26-14-22-20-11-4-5-12-21(20)23(25(15-27,16-28)24(22)29)17-7-6-10-19(13-17)30-18-8-2-1-3-9-18/h1-3,6-11,13,21,23H,4-5,12,29H2/t21-,23-/m1/s1. The van der Waals surface area contributed by atoms with Crippen LogP contribution in [-0.2, 0) is 0 Å². The molecule has 0 bridgehead atoms. The maximum atomic E-state index is 10.1. The van der Waals surface area contributed by atoms with Crippen LogP contribution >= 0.6 is 0 Å². The third kappa shape index (κ3) is 3.00. The fourth-order valence-corrected chi connectivity index (χ4v) is 4.65. The average Bonchev–Trinajstić information content (AvgIpc) is 2.79. The quantitative estimate of drug-likeness (QED) is 0.784. The summed E-state index contributed by atoms with van der Waals surface area (Å²) in [5.41, 5.74) is 6.74. The van der Waals surface area contributed by atoms with Gasteiger partial charge in [-0.3, -0.25) is 0 Å². The lowest BCUT2D eigenvalue weighted by molar-refractivity contribution is 0.317. The molecule has 4 rings (SSSR count). The monoisotopic (exact) mass is 392 g/mol. The molecule has 2 atom stereocenters. The van der Waals surface area contributed by atoms with E-state index in [0.29, 0.717) is 11.5 Å². The number of allylic oxidation sites excluding steroid dienone is 4. The molecule has 0 spiro atoms. The topological polar surface area (TPSA) is 107 Å².